The van der Waals surface area contributed by atoms with Crippen LogP contribution in [0, 0.1) is 0 Å². The molecule has 10 heteroatoms. The molecule has 0 heterocycles. The first-order valence-corrected chi connectivity index (χ1v) is 13.4. The van der Waals surface area contributed by atoms with Crippen LogP contribution in [-0.4, -0.2) is 27.4 Å². The number of hydrogen-bond donors (Lipinski definition) is 0. The Morgan fingerprint density at radius 2 is 0.500 bits per heavy atom. The van der Waals surface area contributed by atoms with Crippen LogP contribution in [0.2, 0.25) is 0 Å². The molecule has 0 aliphatic carbocycles. The summed E-state index contributed by atoms with van der Waals surface area (Å²) < 4.78 is 0. The van der Waals surface area contributed by atoms with E-state index in [2.05, 4.69) is 0 Å². The Labute approximate surface area is 76.3 Å². The summed E-state index contributed by atoms with van der Waals surface area (Å²) in [6.45, 7) is 0. The molecule has 0 saturated carbocycles. The zero-order valence-corrected chi connectivity index (χ0v) is 9.99. The predicted octanol–water partition coefficient (Wildman–Crippen LogP) is -1.37. The van der Waals surface area contributed by atoms with E-state index in [-0.39, 0.29) is 27.4 Å². The van der Waals surface area contributed by atoms with Gasteiger partial charge in [0.2, 0.25) is 0 Å². The molecule has 0 bridgehead atoms. The molecule has 5 nitrogen and oxygen atoms in total. The molecule has 0 aliphatic rings. The standard InChI is InChI=1S/4ClH.5H2O.Zr/h4*1H;5*1H2;/q;;;;;;;;;+4/p-4. The molecule has 0 aliphatic heterocycles. The van der Waals surface area contributed by atoms with Crippen molar-refractivity contribution in [2.75, 3.05) is 0 Å². The Balaban J connectivity index is -0.00000000800. The molecule has 0 aromatic heterocycles. The van der Waals surface area contributed by atoms with Crippen LogP contribution >= 0.6 is 34.1 Å². The molecule has 0 aromatic rings. The van der Waals surface area contributed by atoms with E-state index >= 15 is 0 Å². The Kier molecular flexibility index (Phi) is 69.7. The molecule has 10 N–H and O–H groups in total. The second-order valence-electron chi connectivity index (χ2n) is 0.429. The molecule has 72 valence electrons. The Morgan fingerprint density at radius 1 is 0.500 bits per heavy atom. The van der Waals surface area contributed by atoms with Gasteiger partial charge in [0, 0.05) is 0 Å². The summed E-state index contributed by atoms with van der Waals surface area (Å²) in [5.41, 5.74) is 0. The first-order valence-electron chi connectivity index (χ1n) is 0.756. The van der Waals surface area contributed by atoms with Gasteiger partial charge < -0.3 is 27.4 Å². The van der Waals surface area contributed by atoms with Crippen LogP contribution in [0.4, 0.5) is 0 Å². The van der Waals surface area contributed by atoms with Crippen LogP contribution in [0.25, 0.3) is 0 Å². The summed E-state index contributed by atoms with van der Waals surface area (Å²) in [6.07, 6.45) is 0. The average Bonchev–Trinajstić information content (AvgIpc) is 0.722. The van der Waals surface area contributed by atoms with E-state index in [0.717, 1.165) is 0 Å². The van der Waals surface area contributed by atoms with Crippen LogP contribution in [0.3, 0.4) is 0 Å². The van der Waals surface area contributed by atoms with Crippen LogP contribution < -0.4 is 0 Å². The van der Waals surface area contributed by atoms with Crippen molar-refractivity contribution in [2.24, 2.45) is 0 Å². The molecule has 0 radical (unpaired) electrons. The fourth-order valence-corrected chi connectivity index (χ4v) is 0. The SMILES string of the molecule is O.O.O.O.O.[Cl][Zr]([Cl])([Cl])[Cl]. The van der Waals surface area contributed by atoms with Crippen molar-refractivity contribution < 1.29 is 42.9 Å². The van der Waals surface area contributed by atoms with Gasteiger partial charge >= 0.3 is 49.5 Å². The van der Waals surface area contributed by atoms with E-state index in [1.165, 1.54) is 0 Å². The van der Waals surface area contributed by atoms with Crippen molar-refractivity contribution in [3.63, 3.8) is 0 Å². The first kappa shape index (κ1) is 40.8. The van der Waals surface area contributed by atoms with Gasteiger partial charge in [-0.15, -0.1) is 0 Å². The summed E-state index contributed by atoms with van der Waals surface area (Å²) in [5.74, 6) is 0. The van der Waals surface area contributed by atoms with Gasteiger partial charge in [0.05, 0.1) is 0 Å². The normalized spacial score (nSPS) is 6.00. The summed E-state index contributed by atoms with van der Waals surface area (Å²) in [5, 5.41) is 0. The Morgan fingerprint density at radius 3 is 0.500 bits per heavy atom. The van der Waals surface area contributed by atoms with Gasteiger partial charge in [0.1, 0.15) is 0 Å². The minimum atomic E-state index is -3.29. The van der Waals surface area contributed by atoms with Crippen LogP contribution in [0.5, 0.6) is 0 Å². The van der Waals surface area contributed by atoms with E-state index in [4.69, 9.17) is 34.1 Å². The van der Waals surface area contributed by atoms with Crippen LogP contribution in [0.1, 0.15) is 0 Å². The Hall–Kier alpha value is 1.84. The van der Waals surface area contributed by atoms with Crippen molar-refractivity contribution in [2.45, 2.75) is 0 Å². The van der Waals surface area contributed by atoms with Gasteiger partial charge in [0.25, 0.3) is 0 Å². The summed E-state index contributed by atoms with van der Waals surface area (Å²) in [7, 11) is 20.1. The molecular formula is H10Cl4O5Zr. The molecule has 0 amide bonds. The fraction of sp³-hybridized carbons (Fsp3) is 0. The van der Waals surface area contributed by atoms with E-state index in [1.54, 1.807) is 0 Å². The second-order valence-corrected chi connectivity index (χ2v) is 22.8. The van der Waals surface area contributed by atoms with E-state index in [1.807, 2.05) is 0 Å². The third kappa shape index (κ3) is 227. The number of rotatable bonds is 0. The molecule has 0 atom stereocenters. The quantitative estimate of drug-likeness (QED) is 0.515. The summed E-state index contributed by atoms with van der Waals surface area (Å²) in [4.78, 5) is 0. The summed E-state index contributed by atoms with van der Waals surface area (Å²) >= 11 is -3.29. The maximum absolute atomic E-state index is 5.04. The van der Waals surface area contributed by atoms with Crippen LogP contribution in [0.15, 0.2) is 0 Å². The molecule has 0 rings (SSSR count). The predicted molar refractivity (Wildman–Crippen MR) is 41.5 cm³/mol. The van der Waals surface area contributed by atoms with Gasteiger partial charge in [-0.25, -0.2) is 0 Å². The second kappa shape index (κ2) is 17.1. The third-order valence-electron chi connectivity index (χ3n) is 0. The van der Waals surface area contributed by atoms with Gasteiger partial charge in [-0.05, 0) is 0 Å². The average molecular weight is 323 g/mol. The monoisotopic (exact) mass is 320 g/mol. The molecule has 0 spiro atoms. The number of halogens is 4. The molecule has 0 saturated heterocycles. The third-order valence-corrected chi connectivity index (χ3v) is 0. The van der Waals surface area contributed by atoms with E-state index in [9.17, 15) is 0 Å². The zero-order chi connectivity index (χ0) is 4.50. The zero-order valence-electron chi connectivity index (χ0n) is 4.51. The van der Waals surface area contributed by atoms with Crippen molar-refractivity contribution in [1.29, 1.82) is 0 Å². The van der Waals surface area contributed by atoms with Crippen LogP contribution in [-0.2, 0) is 15.5 Å². The van der Waals surface area contributed by atoms with Gasteiger partial charge in [-0.1, -0.05) is 0 Å². The molecule has 0 unspecified atom stereocenters. The molecule has 10 heavy (non-hydrogen) atoms. The number of hydrogen-bond acceptors (Lipinski definition) is 0. The topological polar surface area (TPSA) is 158 Å². The minimum absolute atomic E-state index is 0. The first-order chi connectivity index (χ1) is 2.00. The van der Waals surface area contributed by atoms with E-state index < -0.39 is 15.5 Å². The van der Waals surface area contributed by atoms with Crippen molar-refractivity contribution in [3.05, 3.63) is 0 Å². The fourth-order valence-electron chi connectivity index (χ4n) is 0. The maximum atomic E-state index is 5.04. The summed E-state index contributed by atoms with van der Waals surface area (Å²) in [6, 6.07) is 0. The molecular weight excluding hydrogens is 313 g/mol. The van der Waals surface area contributed by atoms with E-state index in [0.29, 0.717) is 0 Å². The van der Waals surface area contributed by atoms with Gasteiger partial charge in [-0.2, -0.15) is 0 Å². The molecule has 0 aromatic carbocycles. The Bertz CT molecular complexity index is 29.1. The van der Waals surface area contributed by atoms with Crippen molar-refractivity contribution in [1.82, 2.24) is 0 Å². The van der Waals surface area contributed by atoms with Gasteiger partial charge in [0.15, 0.2) is 0 Å². The van der Waals surface area contributed by atoms with Crippen molar-refractivity contribution >= 4 is 34.1 Å². The van der Waals surface area contributed by atoms with Gasteiger partial charge in [-0.3, -0.25) is 0 Å². The van der Waals surface area contributed by atoms with Crippen molar-refractivity contribution in [3.8, 4) is 0 Å². The molecule has 0 fully saturated rings.